The van der Waals surface area contributed by atoms with Crippen molar-refractivity contribution in [3.63, 3.8) is 0 Å². The molecular formula is C24H24N6. The van der Waals surface area contributed by atoms with E-state index in [-0.39, 0.29) is 0 Å². The number of hydrogen-bond acceptors (Lipinski definition) is 5. The van der Waals surface area contributed by atoms with E-state index in [2.05, 4.69) is 64.6 Å². The third kappa shape index (κ3) is 3.34. The van der Waals surface area contributed by atoms with Gasteiger partial charge in [0.1, 0.15) is 12.1 Å². The lowest BCUT2D eigenvalue weighted by atomic mass is 10.0. The first kappa shape index (κ1) is 18.5. The van der Waals surface area contributed by atoms with E-state index >= 15 is 0 Å². The topological polar surface area (TPSA) is 68.0 Å². The number of nitrogens with zero attached hydrogens (tertiary/aromatic N) is 5. The summed E-state index contributed by atoms with van der Waals surface area (Å²) in [6.45, 7) is 5.14. The van der Waals surface area contributed by atoms with Crippen molar-refractivity contribution in [3.05, 3.63) is 78.0 Å². The molecule has 1 N–H and O–H groups in total. The van der Waals surface area contributed by atoms with Crippen LogP contribution in [-0.4, -0.2) is 31.1 Å². The van der Waals surface area contributed by atoms with E-state index in [4.69, 9.17) is 4.98 Å². The quantitative estimate of drug-likeness (QED) is 0.509. The fraction of sp³-hybridized carbons (Fsp3) is 0.250. The van der Waals surface area contributed by atoms with E-state index in [1.54, 1.807) is 12.4 Å². The van der Waals surface area contributed by atoms with Gasteiger partial charge in [0.2, 0.25) is 0 Å². The predicted octanol–water partition coefficient (Wildman–Crippen LogP) is 4.75. The van der Waals surface area contributed by atoms with Crippen LogP contribution in [0.25, 0.3) is 22.5 Å². The molecule has 150 valence electrons. The summed E-state index contributed by atoms with van der Waals surface area (Å²) in [5, 5.41) is 8.19. The van der Waals surface area contributed by atoms with E-state index in [1.807, 2.05) is 16.8 Å². The summed E-state index contributed by atoms with van der Waals surface area (Å²) in [6, 6.07) is 10.7. The molecule has 1 aliphatic rings. The van der Waals surface area contributed by atoms with Crippen molar-refractivity contribution in [3.8, 4) is 11.3 Å². The van der Waals surface area contributed by atoms with Crippen LogP contribution in [0.3, 0.4) is 0 Å². The average molecular weight is 396 g/mol. The van der Waals surface area contributed by atoms with Gasteiger partial charge in [-0.15, -0.1) is 0 Å². The Labute approximate surface area is 175 Å². The maximum Gasteiger partial charge on any atom is 0.161 e. The molecule has 0 fully saturated rings. The highest BCUT2D eigenvalue weighted by atomic mass is 15.3. The van der Waals surface area contributed by atoms with Crippen molar-refractivity contribution in [2.45, 2.75) is 32.6 Å². The van der Waals surface area contributed by atoms with Crippen LogP contribution < -0.4 is 5.32 Å². The summed E-state index contributed by atoms with van der Waals surface area (Å²) in [4.78, 5) is 13.2. The minimum Gasteiger partial charge on any atom is -0.370 e. The molecule has 0 unspecified atom stereocenters. The Balaban J connectivity index is 1.45. The average Bonchev–Trinajstić information content (AvgIpc) is 3.39. The van der Waals surface area contributed by atoms with Gasteiger partial charge in [-0.25, -0.2) is 15.0 Å². The maximum absolute atomic E-state index is 4.87. The lowest BCUT2D eigenvalue weighted by Crippen LogP contribution is -2.09. The van der Waals surface area contributed by atoms with Gasteiger partial charge in [-0.1, -0.05) is 44.2 Å². The lowest BCUT2D eigenvalue weighted by molar-refractivity contribution is 0.872. The molecule has 1 aliphatic carbocycles. The highest BCUT2D eigenvalue weighted by Crippen LogP contribution is 2.30. The summed E-state index contributed by atoms with van der Waals surface area (Å²) in [6.07, 6.45) is 11.4. The Morgan fingerprint density at radius 2 is 1.93 bits per heavy atom. The van der Waals surface area contributed by atoms with Crippen molar-refractivity contribution in [1.29, 1.82) is 0 Å². The fourth-order valence-electron chi connectivity index (χ4n) is 4.01. The second kappa shape index (κ2) is 7.71. The highest BCUT2D eigenvalue weighted by molar-refractivity contribution is 5.73. The molecule has 5 rings (SSSR count). The number of hydrogen-bond donors (Lipinski definition) is 1. The van der Waals surface area contributed by atoms with Gasteiger partial charge < -0.3 is 5.32 Å². The second-order valence-electron chi connectivity index (χ2n) is 7.91. The molecule has 0 radical (unpaired) electrons. The first-order valence-electron chi connectivity index (χ1n) is 10.4. The van der Waals surface area contributed by atoms with Crippen LogP contribution in [0.4, 0.5) is 5.82 Å². The second-order valence-corrected chi connectivity index (χ2v) is 7.91. The number of nitrogens with one attached hydrogen (secondary N) is 1. The van der Waals surface area contributed by atoms with Gasteiger partial charge in [0, 0.05) is 36.1 Å². The number of benzene rings is 1. The summed E-state index contributed by atoms with van der Waals surface area (Å²) in [5.74, 6) is 1.27. The molecule has 0 saturated heterocycles. The predicted molar refractivity (Wildman–Crippen MR) is 119 cm³/mol. The Kier molecular flexibility index (Phi) is 4.75. The summed E-state index contributed by atoms with van der Waals surface area (Å²) < 4.78 is 1.90. The van der Waals surface area contributed by atoms with Crippen LogP contribution in [-0.2, 0) is 6.42 Å². The molecule has 3 aromatic heterocycles. The SMILES string of the molecule is CC(C)c1cnn2c(NCCC3=CCc4ccccc43)cc(-c3cncnc3)nc12. The first-order chi connectivity index (χ1) is 14.7. The van der Waals surface area contributed by atoms with Gasteiger partial charge in [-0.05, 0) is 35.5 Å². The molecule has 4 aromatic rings. The van der Waals surface area contributed by atoms with Gasteiger partial charge in [0.25, 0.3) is 0 Å². The summed E-state index contributed by atoms with van der Waals surface area (Å²) in [7, 11) is 0. The molecule has 0 aliphatic heterocycles. The van der Waals surface area contributed by atoms with Crippen molar-refractivity contribution < 1.29 is 0 Å². The summed E-state index contributed by atoms with van der Waals surface area (Å²) in [5.41, 5.74) is 7.94. The fourth-order valence-corrected chi connectivity index (χ4v) is 4.01. The van der Waals surface area contributed by atoms with E-state index < -0.39 is 0 Å². The molecule has 0 atom stereocenters. The molecule has 3 heterocycles. The van der Waals surface area contributed by atoms with Crippen LogP contribution in [0.5, 0.6) is 0 Å². The Bertz CT molecular complexity index is 1220. The van der Waals surface area contributed by atoms with E-state index in [1.165, 1.54) is 23.0 Å². The zero-order chi connectivity index (χ0) is 20.5. The lowest BCUT2D eigenvalue weighted by Gasteiger charge is -2.12. The Hall–Kier alpha value is -3.54. The number of anilines is 1. The number of aromatic nitrogens is 5. The monoisotopic (exact) mass is 396 g/mol. The van der Waals surface area contributed by atoms with E-state index in [0.717, 1.165) is 47.7 Å². The van der Waals surface area contributed by atoms with Gasteiger partial charge in [0.15, 0.2) is 5.65 Å². The molecule has 0 amide bonds. The van der Waals surface area contributed by atoms with Crippen molar-refractivity contribution in [2.75, 3.05) is 11.9 Å². The van der Waals surface area contributed by atoms with Gasteiger partial charge in [-0.2, -0.15) is 9.61 Å². The van der Waals surface area contributed by atoms with Crippen LogP contribution >= 0.6 is 0 Å². The van der Waals surface area contributed by atoms with E-state index in [9.17, 15) is 0 Å². The van der Waals surface area contributed by atoms with Gasteiger partial charge in [-0.3, -0.25) is 0 Å². The van der Waals surface area contributed by atoms with Crippen LogP contribution in [0, 0.1) is 0 Å². The Morgan fingerprint density at radius 3 is 2.77 bits per heavy atom. The molecular weight excluding hydrogens is 372 g/mol. The van der Waals surface area contributed by atoms with E-state index in [0.29, 0.717) is 5.92 Å². The smallest absolute Gasteiger partial charge is 0.161 e. The molecule has 6 nitrogen and oxygen atoms in total. The first-order valence-corrected chi connectivity index (χ1v) is 10.4. The Morgan fingerprint density at radius 1 is 1.10 bits per heavy atom. The van der Waals surface area contributed by atoms with Crippen LogP contribution in [0.15, 0.2) is 61.3 Å². The highest BCUT2D eigenvalue weighted by Gasteiger charge is 2.16. The number of allylic oxidation sites excluding steroid dienone is 1. The van der Waals surface area contributed by atoms with Crippen LogP contribution in [0.2, 0.25) is 0 Å². The minimum absolute atomic E-state index is 0.338. The molecule has 0 bridgehead atoms. The molecule has 1 aromatic carbocycles. The van der Waals surface area contributed by atoms with Crippen LogP contribution in [0.1, 0.15) is 42.9 Å². The normalized spacial score (nSPS) is 13.0. The minimum atomic E-state index is 0.338. The third-order valence-electron chi connectivity index (χ3n) is 5.61. The summed E-state index contributed by atoms with van der Waals surface area (Å²) >= 11 is 0. The maximum atomic E-state index is 4.87. The molecule has 6 heteroatoms. The van der Waals surface area contributed by atoms with Crippen molar-refractivity contribution >= 4 is 17.0 Å². The molecule has 0 saturated carbocycles. The molecule has 0 spiro atoms. The largest absolute Gasteiger partial charge is 0.370 e. The zero-order valence-corrected chi connectivity index (χ0v) is 17.2. The number of rotatable bonds is 6. The molecule has 30 heavy (non-hydrogen) atoms. The van der Waals surface area contributed by atoms with Gasteiger partial charge >= 0.3 is 0 Å². The zero-order valence-electron chi connectivity index (χ0n) is 17.2. The number of fused-ring (bicyclic) bond motifs is 2. The van der Waals surface area contributed by atoms with Gasteiger partial charge in [0.05, 0.1) is 11.9 Å². The van der Waals surface area contributed by atoms with Crippen molar-refractivity contribution in [1.82, 2.24) is 24.6 Å². The third-order valence-corrected chi connectivity index (χ3v) is 5.61. The van der Waals surface area contributed by atoms with Crippen molar-refractivity contribution in [2.24, 2.45) is 0 Å². The standard InChI is InChI=1S/C24H24N6/c1-16(2)21-14-28-30-23(11-22(29-24(21)30)19-12-25-15-26-13-19)27-10-9-18-8-7-17-5-3-4-6-20(17)18/h3-6,8,11-16,27H,7,9-10H2,1-2H3.